The van der Waals surface area contributed by atoms with Gasteiger partial charge in [0.1, 0.15) is 17.6 Å². The van der Waals surface area contributed by atoms with Gasteiger partial charge in [0.15, 0.2) is 0 Å². The Morgan fingerprint density at radius 2 is 2.12 bits per heavy atom. The second-order valence-corrected chi connectivity index (χ2v) is 8.75. The number of aromatic nitrogens is 1. The van der Waals surface area contributed by atoms with Crippen LogP contribution in [0.1, 0.15) is 39.2 Å². The molecule has 0 aromatic carbocycles. The van der Waals surface area contributed by atoms with Crippen molar-refractivity contribution in [2.45, 2.75) is 45.0 Å². The lowest BCUT2D eigenvalue weighted by Gasteiger charge is -2.21. The molecule has 1 atom stereocenters. The fourth-order valence-corrected chi connectivity index (χ4v) is 4.11. The van der Waals surface area contributed by atoms with Gasteiger partial charge in [-0.25, -0.2) is 8.42 Å². The summed E-state index contributed by atoms with van der Waals surface area (Å²) in [6.45, 7) is 6.33. The molecule has 7 heteroatoms. The maximum absolute atomic E-state index is 12.3. The molecule has 0 aliphatic carbocycles. The highest BCUT2D eigenvalue weighted by Gasteiger charge is 2.34. The third-order valence-electron chi connectivity index (χ3n) is 4.16. The molecule has 1 unspecified atom stereocenters. The van der Waals surface area contributed by atoms with Gasteiger partial charge in [-0.1, -0.05) is 6.92 Å². The van der Waals surface area contributed by atoms with E-state index < -0.39 is 15.3 Å². The quantitative estimate of drug-likeness (QED) is 0.550. The van der Waals surface area contributed by atoms with E-state index in [1.807, 2.05) is 25.1 Å². The molecule has 2 heterocycles. The van der Waals surface area contributed by atoms with Crippen molar-refractivity contribution in [3.05, 3.63) is 41.9 Å². The van der Waals surface area contributed by atoms with E-state index in [4.69, 9.17) is 4.74 Å². The van der Waals surface area contributed by atoms with Crippen molar-refractivity contribution in [1.82, 2.24) is 9.29 Å². The number of aliphatic imine (C=N–C) groups is 1. The first kappa shape index (κ1) is 19.6. The first-order chi connectivity index (χ1) is 11.9. The maximum atomic E-state index is 12.3. The van der Waals surface area contributed by atoms with Crippen molar-refractivity contribution in [3.8, 4) is 0 Å². The monoisotopic (exact) mass is 365 g/mol. The van der Waals surface area contributed by atoms with Crippen molar-refractivity contribution in [2.24, 2.45) is 4.99 Å². The van der Waals surface area contributed by atoms with Crippen LogP contribution in [0.2, 0.25) is 0 Å². The summed E-state index contributed by atoms with van der Waals surface area (Å²) in [5, 5.41) is -0.415. The number of hydrogen-bond acceptors (Lipinski definition) is 5. The summed E-state index contributed by atoms with van der Waals surface area (Å²) in [7, 11) is -1.51. The van der Waals surface area contributed by atoms with Crippen LogP contribution < -0.4 is 0 Å². The average Bonchev–Trinajstić information content (AvgIpc) is 3.06. The molecule has 0 bridgehead atoms. The van der Waals surface area contributed by atoms with Gasteiger partial charge in [0.25, 0.3) is 0 Å². The summed E-state index contributed by atoms with van der Waals surface area (Å²) in [6, 6.07) is 3.78. The summed E-state index contributed by atoms with van der Waals surface area (Å²) in [5.41, 5.74) is 1.69. The molecule has 1 aromatic heterocycles. The topological polar surface area (TPSA) is 71.9 Å². The largest absolute Gasteiger partial charge is 0.487 e. The molecule has 1 aliphatic rings. The van der Waals surface area contributed by atoms with E-state index in [1.54, 1.807) is 33.3 Å². The highest BCUT2D eigenvalue weighted by atomic mass is 32.2. The Bertz CT molecular complexity index is 727. The van der Waals surface area contributed by atoms with Crippen LogP contribution in [0.25, 0.3) is 0 Å². The van der Waals surface area contributed by atoms with E-state index >= 15 is 0 Å². The maximum Gasteiger partial charge on any atom is 0.216 e. The van der Waals surface area contributed by atoms with Crippen LogP contribution in [-0.4, -0.2) is 54.9 Å². The van der Waals surface area contributed by atoms with Gasteiger partial charge in [-0.15, -0.1) is 0 Å². The van der Waals surface area contributed by atoms with Gasteiger partial charge in [0, 0.05) is 31.5 Å². The summed E-state index contributed by atoms with van der Waals surface area (Å²) in [4.78, 5) is 8.41. The Kier molecular flexibility index (Phi) is 6.72. The van der Waals surface area contributed by atoms with Gasteiger partial charge in [-0.3, -0.25) is 9.98 Å². The second kappa shape index (κ2) is 8.58. The van der Waals surface area contributed by atoms with Gasteiger partial charge >= 0.3 is 0 Å². The molecule has 0 saturated carbocycles. The van der Waals surface area contributed by atoms with Crippen molar-refractivity contribution in [2.75, 3.05) is 20.1 Å². The smallest absolute Gasteiger partial charge is 0.216 e. The van der Waals surface area contributed by atoms with Crippen LogP contribution in [-0.2, 0) is 14.8 Å². The molecule has 1 aromatic rings. The minimum atomic E-state index is -3.24. The standard InChI is InChI=1S/C18H27N3O3S/c1-5-6-17(18(19-4)15-7-10-20-11-8-15)24-16-9-12-21(13-16)25(22,23)14(2)3/h6-8,10-11,14,16H,5,9,12-13H2,1-4H3/b17-6+,19-18?. The van der Waals surface area contributed by atoms with E-state index in [2.05, 4.69) is 9.98 Å². The zero-order valence-corrected chi connectivity index (χ0v) is 16.2. The Balaban J connectivity index is 2.15. The fraction of sp³-hybridized carbons (Fsp3) is 0.556. The van der Waals surface area contributed by atoms with E-state index in [9.17, 15) is 8.42 Å². The lowest BCUT2D eigenvalue weighted by molar-refractivity contribution is 0.142. The minimum absolute atomic E-state index is 0.162. The highest BCUT2D eigenvalue weighted by molar-refractivity contribution is 7.89. The molecule has 1 aliphatic heterocycles. The first-order valence-corrected chi connectivity index (χ1v) is 10.1. The number of hydrogen-bond donors (Lipinski definition) is 0. The summed E-state index contributed by atoms with van der Waals surface area (Å²) in [5.74, 6) is 0.699. The summed E-state index contributed by atoms with van der Waals surface area (Å²) >= 11 is 0. The molecule has 1 fully saturated rings. The van der Waals surface area contributed by atoms with Gasteiger partial charge in [-0.2, -0.15) is 4.31 Å². The average molecular weight is 365 g/mol. The van der Waals surface area contributed by atoms with Crippen molar-refractivity contribution < 1.29 is 13.2 Å². The molecular weight excluding hydrogens is 338 g/mol. The molecule has 0 radical (unpaired) electrons. The van der Waals surface area contributed by atoms with Crippen LogP contribution in [0, 0.1) is 0 Å². The predicted molar refractivity (Wildman–Crippen MR) is 100 cm³/mol. The number of nitrogens with zero attached hydrogens (tertiary/aromatic N) is 3. The minimum Gasteiger partial charge on any atom is -0.487 e. The molecule has 2 rings (SSSR count). The molecule has 1 saturated heterocycles. The van der Waals surface area contributed by atoms with Gasteiger partial charge in [-0.05, 0) is 44.9 Å². The van der Waals surface area contributed by atoms with E-state index in [-0.39, 0.29) is 6.10 Å². The number of rotatable bonds is 7. The third-order valence-corrected chi connectivity index (χ3v) is 6.40. The molecule has 0 N–H and O–H groups in total. The van der Waals surface area contributed by atoms with Gasteiger partial charge < -0.3 is 4.74 Å². The zero-order valence-electron chi connectivity index (χ0n) is 15.3. The fourth-order valence-electron chi connectivity index (χ4n) is 2.78. The predicted octanol–water partition coefficient (Wildman–Crippen LogP) is 2.62. The highest BCUT2D eigenvalue weighted by Crippen LogP contribution is 2.23. The van der Waals surface area contributed by atoms with Crippen LogP contribution in [0.4, 0.5) is 0 Å². The van der Waals surface area contributed by atoms with Crippen molar-refractivity contribution >= 4 is 15.7 Å². The van der Waals surface area contributed by atoms with Crippen molar-refractivity contribution in [1.29, 1.82) is 0 Å². The number of pyridine rings is 1. The molecule has 25 heavy (non-hydrogen) atoms. The first-order valence-electron chi connectivity index (χ1n) is 8.63. The van der Waals surface area contributed by atoms with Crippen LogP contribution in [0.15, 0.2) is 41.4 Å². The molecule has 0 amide bonds. The van der Waals surface area contributed by atoms with Gasteiger partial charge in [0.2, 0.25) is 10.0 Å². The number of ether oxygens (including phenoxy) is 1. The van der Waals surface area contributed by atoms with E-state index in [0.29, 0.717) is 25.3 Å². The number of allylic oxidation sites excluding steroid dienone is 2. The zero-order chi connectivity index (χ0) is 18.4. The molecule has 138 valence electrons. The Morgan fingerprint density at radius 3 is 2.68 bits per heavy atom. The second-order valence-electron chi connectivity index (χ2n) is 6.26. The van der Waals surface area contributed by atoms with Gasteiger partial charge in [0.05, 0.1) is 11.8 Å². The van der Waals surface area contributed by atoms with Crippen LogP contribution in [0.3, 0.4) is 0 Å². The molecule has 6 nitrogen and oxygen atoms in total. The Labute approximate surface area is 150 Å². The summed E-state index contributed by atoms with van der Waals surface area (Å²) in [6.07, 6.45) is 6.75. The lowest BCUT2D eigenvalue weighted by Crippen LogP contribution is -2.35. The lowest BCUT2D eigenvalue weighted by atomic mass is 10.1. The number of sulfonamides is 1. The third kappa shape index (κ3) is 4.67. The normalized spacial score (nSPS) is 20.3. The SMILES string of the molecule is CC/C=C(/OC1CCN(S(=O)(=O)C(C)C)C1)C(=NC)c1ccncc1. The van der Waals surface area contributed by atoms with Crippen LogP contribution in [0.5, 0.6) is 0 Å². The van der Waals surface area contributed by atoms with E-state index in [1.165, 1.54) is 4.31 Å². The van der Waals surface area contributed by atoms with E-state index in [0.717, 1.165) is 17.7 Å². The Morgan fingerprint density at radius 1 is 1.44 bits per heavy atom. The Hall–Kier alpha value is -1.73. The molecule has 0 spiro atoms. The summed E-state index contributed by atoms with van der Waals surface area (Å²) < 4.78 is 32.3. The van der Waals surface area contributed by atoms with Crippen molar-refractivity contribution in [3.63, 3.8) is 0 Å². The molecular formula is C18H27N3O3S. The van der Waals surface area contributed by atoms with Crippen LogP contribution >= 0.6 is 0 Å².